The lowest BCUT2D eigenvalue weighted by Crippen LogP contribution is -2.31. The zero-order valence-corrected chi connectivity index (χ0v) is 12.3. The van der Waals surface area contributed by atoms with Gasteiger partial charge in [0, 0.05) is 18.7 Å². The maximum Gasteiger partial charge on any atom is 0.251 e. The van der Waals surface area contributed by atoms with Crippen molar-refractivity contribution in [2.75, 3.05) is 19.8 Å². The van der Waals surface area contributed by atoms with Gasteiger partial charge in [0.25, 0.3) is 5.91 Å². The summed E-state index contributed by atoms with van der Waals surface area (Å²) >= 11 is 0. The molecule has 0 aliphatic heterocycles. The number of amides is 1. The number of benzene rings is 1. The summed E-state index contributed by atoms with van der Waals surface area (Å²) in [6.45, 7) is 4.90. The largest absolute Gasteiger partial charge is 0.490 e. The molecule has 2 N–H and O–H groups in total. The van der Waals surface area contributed by atoms with Gasteiger partial charge in [-0.1, -0.05) is 19.1 Å². The highest BCUT2D eigenvalue weighted by Gasteiger charge is 2.26. The Bertz CT molecular complexity index is 469. The highest BCUT2D eigenvalue weighted by Crippen LogP contribution is 2.30. The summed E-state index contributed by atoms with van der Waals surface area (Å²) in [5.74, 6) is 1.38. The molecule has 0 aromatic heterocycles. The van der Waals surface area contributed by atoms with Gasteiger partial charge in [0.05, 0.1) is 0 Å². The Labute approximate surface area is 125 Å². The van der Waals surface area contributed by atoms with Crippen LogP contribution in [0.4, 0.5) is 0 Å². The standard InChI is InChI=1S/C17H23NO3/c1-2-10-21-16-8-6-13(7-9-16)17(20)18-11-14-4-3-5-15(14)12-19/h2,6-9,14-15,19H,1,3-5,10-12H2,(H,18,20). The predicted molar refractivity (Wildman–Crippen MR) is 82.4 cm³/mol. The number of rotatable bonds is 7. The summed E-state index contributed by atoms with van der Waals surface area (Å²) in [7, 11) is 0. The van der Waals surface area contributed by atoms with Crippen LogP contribution in [0.15, 0.2) is 36.9 Å². The monoisotopic (exact) mass is 289 g/mol. The lowest BCUT2D eigenvalue weighted by atomic mass is 9.97. The van der Waals surface area contributed by atoms with Crippen molar-refractivity contribution in [3.05, 3.63) is 42.5 Å². The summed E-state index contributed by atoms with van der Waals surface area (Å²) in [4.78, 5) is 12.1. The number of carbonyl (C=O) groups excluding carboxylic acids is 1. The van der Waals surface area contributed by atoms with Gasteiger partial charge in [-0.05, 0) is 48.9 Å². The van der Waals surface area contributed by atoms with Crippen LogP contribution in [-0.4, -0.2) is 30.8 Å². The Morgan fingerprint density at radius 3 is 2.71 bits per heavy atom. The number of aliphatic hydroxyl groups excluding tert-OH is 1. The van der Waals surface area contributed by atoms with Gasteiger partial charge in [0.1, 0.15) is 12.4 Å². The van der Waals surface area contributed by atoms with Gasteiger partial charge in [-0.3, -0.25) is 4.79 Å². The van der Waals surface area contributed by atoms with Crippen LogP contribution in [0.2, 0.25) is 0 Å². The lowest BCUT2D eigenvalue weighted by Gasteiger charge is -2.17. The van der Waals surface area contributed by atoms with E-state index in [0.29, 0.717) is 30.6 Å². The number of nitrogens with one attached hydrogen (secondary N) is 1. The quantitative estimate of drug-likeness (QED) is 0.758. The summed E-state index contributed by atoms with van der Waals surface area (Å²) in [6, 6.07) is 7.08. The number of carbonyl (C=O) groups is 1. The normalized spacial score (nSPS) is 21.0. The van der Waals surface area contributed by atoms with E-state index in [1.807, 2.05) is 0 Å². The molecule has 0 heterocycles. The van der Waals surface area contributed by atoms with Crippen molar-refractivity contribution in [2.24, 2.45) is 11.8 Å². The Balaban J connectivity index is 1.84. The maximum absolute atomic E-state index is 12.1. The molecule has 2 unspecified atom stereocenters. The van der Waals surface area contributed by atoms with Crippen LogP contribution in [-0.2, 0) is 0 Å². The molecule has 21 heavy (non-hydrogen) atoms. The van der Waals surface area contributed by atoms with Crippen LogP contribution >= 0.6 is 0 Å². The molecule has 4 nitrogen and oxygen atoms in total. The molecule has 2 atom stereocenters. The predicted octanol–water partition coefficient (Wildman–Crippen LogP) is 2.39. The molecule has 0 spiro atoms. The Morgan fingerprint density at radius 1 is 1.33 bits per heavy atom. The first-order chi connectivity index (χ1) is 10.2. The van der Waals surface area contributed by atoms with E-state index in [1.165, 1.54) is 0 Å². The number of aliphatic hydroxyl groups is 1. The summed E-state index contributed by atoms with van der Waals surface area (Å²) in [5.41, 5.74) is 0.625. The van der Waals surface area contributed by atoms with E-state index in [1.54, 1.807) is 30.3 Å². The number of hydrogen-bond acceptors (Lipinski definition) is 3. The fraction of sp³-hybridized carbons (Fsp3) is 0.471. The molecular formula is C17H23NO3. The second-order valence-corrected chi connectivity index (χ2v) is 5.47. The highest BCUT2D eigenvalue weighted by atomic mass is 16.5. The van der Waals surface area contributed by atoms with Crippen LogP contribution < -0.4 is 10.1 Å². The first kappa shape index (κ1) is 15.6. The van der Waals surface area contributed by atoms with Gasteiger partial charge in [0.15, 0.2) is 0 Å². The fourth-order valence-corrected chi connectivity index (χ4v) is 2.81. The van der Waals surface area contributed by atoms with Crippen LogP contribution in [0.1, 0.15) is 29.6 Å². The van der Waals surface area contributed by atoms with Crippen molar-refractivity contribution in [1.29, 1.82) is 0 Å². The van der Waals surface area contributed by atoms with Gasteiger partial charge in [-0.25, -0.2) is 0 Å². The summed E-state index contributed by atoms with van der Waals surface area (Å²) < 4.78 is 5.38. The Hall–Kier alpha value is -1.81. The first-order valence-electron chi connectivity index (χ1n) is 7.47. The van der Waals surface area contributed by atoms with Gasteiger partial charge >= 0.3 is 0 Å². The molecule has 1 aliphatic rings. The van der Waals surface area contributed by atoms with Crippen LogP contribution in [0.5, 0.6) is 5.75 Å². The zero-order valence-electron chi connectivity index (χ0n) is 12.3. The summed E-state index contributed by atoms with van der Waals surface area (Å²) in [6.07, 6.45) is 4.97. The van der Waals surface area contributed by atoms with Crippen molar-refractivity contribution in [3.8, 4) is 5.75 Å². The topological polar surface area (TPSA) is 58.6 Å². The minimum absolute atomic E-state index is 0.0751. The van der Waals surface area contributed by atoms with Crippen molar-refractivity contribution >= 4 is 5.91 Å². The average Bonchev–Trinajstić information content (AvgIpc) is 2.98. The molecule has 1 aromatic rings. The minimum Gasteiger partial charge on any atom is -0.490 e. The first-order valence-corrected chi connectivity index (χ1v) is 7.47. The smallest absolute Gasteiger partial charge is 0.251 e. The van der Waals surface area contributed by atoms with E-state index >= 15 is 0 Å². The molecule has 0 bridgehead atoms. The average molecular weight is 289 g/mol. The minimum atomic E-state index is -0.0751. The van der Waals surface area contributed by atoms with E-state index in [-0.39, 0.29) is 12.5 Å². The van der Waals surface area contributed by atoms with Gasteiger partial charge in [-0.15, -0.1) is 0 Å². The summed E-state index contributed by atoms with van der Waals surface area (Å²) in [5, 5.41) is 12.2. The highest BCUT2D eigenvalue weighted by molar-refractivity contribution is 5.94. The lowest BCUT2D eigenvalue weighted by molar-refractivity contribution is 0.0937. The second-order valence-electron chi connectivity index (χ2n) is 5.47. The van der Waals surface area contributed by atoms with Gasteiger partial charge in [0.2, 0.25) is 0 Å². The molecule has 0 saturated heterocycles. The fourth-order valence-electron chi connectivity index (χ4n) is 2.81. The van der Waals surface area contributed by atoms with E-state index in [9.17, 15) is 9.90 Å². The van der Waals surface area contributed by atoms with Gasteiger partial charge in [-0.2, -0.15) is 0 Å². The number of ether oxygens (including phenoxy) is 1. The Morgan fingerprint density at radius 2 is 2.05 bits per heavy atom. The van der Waals surface area contributed by atoms with Crippen molar-refractivity contribution in [3.63, 3.8) is 0 Å². The molecule has 1 aromatic carbocycles. The van der Waals surface area contributed by atoms with Gasteiger partial charge < -0.3 is 15.2 Å². The van der Waals surface area contributed by atoms with E-state index in [0.717, 1.165) is 25.0 Å². The third-order valence-electron chi connectivity index (χ3n) is 4.06. The molecule has 0 radical (unpaired) electrons. The molecule has 2 rings (SSSR count). The second kappa shape index (κ2) is 7.84. The van der Waals surface area contributed by atoms with Crippen LogP contribution in [0, 0.1) is 11.8 Å². The maximum atomic E-state index is 12.1. The molecule has 1 aliphatic carbocycles. The van der Waals surface area contributed by atoms with Crippen LogP contribution in [0.25, 0.3) is 0 Å². The zero-order chi connectivity index (χ0) is 15.1. The van der Waals surface area contributed by atoms with Crippen molar-refractivity contribution in [2.45, 2.75) is 19.3 Å². The third-order valence-corrected chi connectivity index (χ3v) is 4.06. The SMILES string of the molecule is C=CCOc1ccc(C(=O)NCC2CCCC2CO)cc1. The molecule has 4 heteroatoms. The number of hydrogen-bond donors (Lipinski definition) is 2. The van der Waals surface area contributed by atoms with E-state index in [2.05, 4.69) is 11.9 Å². The van der Waals surface area contributed by atoms with Crippen molar-refractivity contribution < 1.29 is 14.6 Å². The third kappa shape index (κ3) is 4.33. The molecule has 1 saturated carbocycles. The molecular weight excluding hydrogens is 266 g/mol. The molecule has 114 valence electrons. The molecule has 1 fully saturated rings. The Kier molecular flexibility index (Phi) is 5.81. The van der Waals surface area contributed by atoms with E-state index < -0.39 is 0 Å². The van der Waals surface area contributed by atoms with Crippen LogP contribution in [0.3, 0.4) is 0 Å². The van der Waals surface area contributed by atoms with E-state index in [4.69, 9.17) is 4.74 Å². The van der Waals surface area contributed by atoms with Crippen molar-refractivity contribution in [1.82, 2.24) is 5.32 Å². The molecule has 1 amide bonds.